The maximum atomic E-state index is 11.8. The smallest absolute Gasteiger partial charge is 0.303 e. The minimum atomic E-state index is -0.777. The molecule has 0 radical (unpaired) electrons. The molecule has 1 aromatic heterocycles. The lowest BCUT2D eigenvalue weighted by molar-refractivity contribution is -0.137. The second-order valence-corrected chi connectivity index (χ2v) is 5.08. The summed E-state index contributed by atoms with van der Waals surface area (Å²) >= 11 is 5.72. The monoisotopic (exact) mass is 301 g/mol. The van der Waals surface area contributed by atoms with E-state index in [1.165, 1.54) is 12.3 Å². The van der Waals surface area contributed by atoms with Gasteiger partial charge in [0.2, 0.25) is 5.22 Å². The number of halogens is 1. The van der Waals surface area contributed by atoms with E-state index in [4.69, 9.17) is 21.1 Å². The van der Waals surface area contributed by atoms with E-state index in [0.29, 0.717) is 24.4 Å². The average molecular weight is 302 g/mol. The fourth-order valence-electron chi connectivity index (χ4n) is 2.11. The Morgan fingerprint density at radius 2 is 2.15 bits per heavy atom. The van der Waals surface area contributed by atoms with E-state index in [0.717, 1.165) is 19.3 Å². The fourth-order valence-corrected chi connectivity index (χ4v) is 2.31. The molecule has 1 heterocycles. The molecule has 6 heteroatoms. The molecule has 20 heavy (non-hydrogen) atoms. The number of carbonyl (C=O) groups is 2. The second kappa shape index (κ2) is 8.64. The number of carboxylic acids is 1. The first kappa shape index (κ1) is 16.6. The quantitative estimate of drug-likeness (QED) is 0.733. The van der Waals surface area contributed by atoms with Crippen molar-refractivity contribution in [3.05, 3.63) is 23.1 Å². The van der Waals surface area contributed by atoms with Crippen molar-refractivity contribution in [1.82, 2.24) is 5.32 Å². The maximum Gasteiger partial charge on any atom is 0.303 e. The summed E-state index contributed by atoms with van der Waals surface area (Å²) in [7, 11) is 0. The summed E-state index contributed by atoms with van der Waals surface area (Å²) in [6, 6.07) is 1.52. The average Bonchev–Trinajstić information content (AvgIpc) is 2.82. The minimum absolute atomic E-state index is 0.0819. The highest BCUT2D eigenvalue weighted by atomic mass is 35.5. The SMILES string of the molecule is CCCC(CCNC(=O)c1ccoc1Cl)CCC(=O)O. The third kappa shape index (κ3) is 5.65. The molecule has 0 fully saturated rings. The van der Waals surface area contributed by atoms with Gasteiger partial charge in [-0.25, -0.2) is 0 Å². The molecule has 1 amide bonds. The Morgan fingerprint density at radius 1 is 1.40 bits per heavy atom. The van der Waals surface area contributed by atoms with E-state index >= 15 is 0 Å². The highest BCUT2D eigenvalue weighted by molar-refractivity contribution is 6.32. The van der Waals surface area contributed by atoms with Gasteiger partial charge in [-0.3, -0.25) is 9.59 Å². The largest absolute Gasteiger partial charge is 0.481 e. The molecule has 112 valence electrons. The summed E-state index contributed by atoms with van der Waals surface area (Å²) in [4.78, 5) is 22.4. The summed E-state index contributed by atoms with van der Waals surface area (Å²) in [5.41, 5.74) is 0.323. The van der Waals surface area contributed by atoms with Gasteiger partial charge >= 0.3 is 5.97 Å². The van der Waals surface area contributed by atoms with Crippen LogP contribution in [0.2, 0.25) is 5.22 Å². The molecule has 1 unspecified atom stereocenters. The van der Waals surface area contributed by atoms with Crippen LogP contribution in [-0.2, 0) is 4.79 Å². The van der Waals surface area contributed by atoms with Crippen molar-refractivity contribution in [2.45, 2.75) is 39.0 Å². The number of furan rings is 1. The molecule has 1 aromatic rings. The van der Waals surface area contributed by atoms with Crippen LogP contribution in [0.1, 0.15) is 49.4 Å². The zero-order valence-electron chi connectivity index (χ0n) is 11.5. The molecule has 0 spiro atoms. The third-order valence-corrected chi connectivity index (χ3v) is 3.46. The van der Waals surface area contributed by atoms with Crippen LogP contribution in [0.3, 0.4) is 0 Å². The minimum Gasteiger partial charge on any atom is -0.481 e. The summed E-state index contributed by atoms with van der Waals surface area (Å²) in [6.45, 7) is 2.57. The molecule has 5 nitrogen and oxygen atoms in total. The zero-order valence-corrected chi connectivity index (χ0v) is 12.3. The molecule has 2 N–H and O–H groups in total. The molecule has 1 rings (SSSR count). The Kier molecular flexibility index (Phi) is 7.15. The molecular weight excluding hydrogens is 282 g/mol. The standard InChI is InChI=1S/C14H20ClNO4/c1-2-3-10(4-5-12(17)18)6-8-16-14(19)11-7-9-20-13(11)15/h7,9-10H,2-6,8H2,1H3,(H,16,19)(H,17,18). The normalized spacial score (nSPS) is 12.1. The molecule has 0 aromatic carbocycles. The van der Waals surface area contributed by atoms with Gasteiger partial charge in [-0.2, -0.15) is 0 Å². The van der Waals surface area contributed by atoms with Crippen molar-refractivity contribution in [2.75, 3.05) is 6.54 Å². The van der Waals surface area contributed by atoms with E-state index < -0.39 is 5.97 Å². The molecule has 0 aliphatic heterocycles. The first-order valence-electron chi connectivity index (χ1n) is 6.77. The van der Waals surface area contributed by atoms with Gasteiger partial charge < -0.3 is 14.8 Å². The van der Waals surface area contributed by atoms with E-state index in [-0.39, 0.29) is 17.5 Å². The number of hydrogen-bond donors (Lipinski definition) is 2. The van der Waals surface area contributed by atoms with E-state index in [1.807, 2.05) is 0 Å². The van der Waals surface area contributed by atoms with Crippen LogP contribution >= 0.6 is 11.6 Å². The van der Waals surface area contributed by atoms with Crippen molar-refractivity contribution >= 4 is 23.5 Å². The lowest BCUT2D eigenvalue weighted by Gasteiger charge is -2.15. The van der Waals surface area contributed by atoms with E-state index in [2.05, 4.69) is 12.2 Å². The predicted molar refractivity (Wildman–Crippen MR) is 75.9 cm³/mol. The van der Waals surface area contributed by atoms with Gasteiger partial charge in [0.1, 0.15) is 0 Å². The summed E-state index contributed by atoms with van der Waals surface area (Å²) in [5.74, 6) is -0.728. The topological polar surface area (TPSA) is 79.5 Å². The van der Waals surface area contributed by atoms with Crippen molar-refractivity contribution in [1.29, 1.82) is 0 Å². The molecule has 0 aliphatic carbocycles. The zero-order chi connectivity index (χ0) is 15.0. The predicted octanol–water partition coefficient (Wildman–Crippen LogP) is 3.33. The van der Waals surface area contributed by atoms with Gasteiger partial charge in [-0.1, -0.05) is 19.8 Å². The highest BCUT2D eigenvalue weighted by Gasteiger charge is 2.14. The van der Waals surface area contributed by atoms with Gasteiger partial charge in [-0.05, 0) is 36.4 Å². The van der Waals surface area contributed by atoms with Crippen molar-refractivity contribution in [2.24, 2.45) is 5.92 Å². The number of aliphatic carboxylic acids is 1. The molecule has 1 atom stereocenters. The van der Waals surface area contributed by atoms with Gasteiger partial charge in [-0.15, -0.1) is 0 Å². The summed E-state index contributed by atoms with van der Waals surface area (Å²) < 4.78 is 4.86. The molecule has 0 saturated heterocycles. The van der Waals surface area contributed by atoms with Crippen molar-refractivity contribution < 1.29 is 19.1 Å². The van der Waals surface area contributed by atoms with Crippen LogP contribution in [0.5, 0.6) is 0 Å². The van der Waals surface area contributed by atoms with Crippen molar-refractivity contribution in [3.63, 3.8) is 0 Å². The molecule has 0 bridgehead atoms. The lowest BCUT2D eigenvalue weighted by atomic mass is 9.94. The number of amides is 1. The van der Waals surface area contributed by atoms with Crippen LogP contribution in [0, 0.1) is 5.92 Å². The number of nitrogens with one attached hydrogen (secondary N) is 1. The Labute approximate surface area is 123 Å². The number of hydrogen-bond acceptors (Lipinski definition) is 3. The van der Waals surface area contributed by atoms with Crippen LogP contribution < -0.4 is 5.32 Å². The first-order chi connectivity index (χ1) is 9.54. The van der Waals surface area contributed by atoms with E-state index in [1.54, 1.807) is 0 Å². The third-order valence-electron chi connectivity index (χ3n) is 3.16. The van der Waals surface area contributed by atoms with E-state index in [9.17, 15) is 9.59 Å². The fraction of sp³-hybridized carbons (Fsp3) is 0.571. The summed E-state index contributed by atoms with van der Waals surface area (Å²) in [6.07, 6.45) is 4.92. The Hall–Kier alpha value is -1.49. The Morgan fingerprint density at radius 3 is 2.70 bits per heavy atom. The number of carbonyl (C=O) groups excluding carboxylic acids is 1. The number of carboxylic acid groups (broad SMARTS) is 1. The van der Waals surface area contributed by atoms with Gasteiger partial charge in [0.25, 0.3) is 5.91 Å². The van der Waals surface area contributed by atoms with Gasteiger partial charge in [0.15, 0.2) is 0 Å². The summed E-state index contributed by atoms with van der Waals surface area (Å²) in [5, 5.41) is 11.6. The van der Waals surface area contributed by atoms with Crippen molar-refractivity contribution in [3.8, 4) is 0 Å². The van der Waals surface area contributed by atoms with Crippen LogP contribution in [0.25, 0.3) is 0 Å². The lowest BCUT2D eigenvalue weighted by Crippen LogP contribution is -2.26. The Bertz CT molecular complexity index is 444. The second-order valence-electron chi connectivity index (χ2n) is 4.74. The molecule has 0 aliphatic rings. The van der Waals surface area contributed by atoms with Crippen LogP contribution in [0.15, 0.2) is 16.7 Å². The maximum absolute atomic E-state index is 11.8. The van der Waals surface area contributed by atoms with Gasteiger partial charge in [0.05, 0.1) is 11.8 Å². The first-order valence-corrected chi connectivity index (χ1v) is 7.15. The highest BCUT2D eigenvalue weighted by Crippen LogP contribution is 2.18. The van der Waals surface area contributed by atoms with Crippen LogP contribution in [0.4, 0.5) is 0 Å². The number of rotatable bonds is 9. The Balaban J connectivity index is 2.34. The molecular formula is C14H20ClNO4. The van der Waals surface area contributed by atoms with Crippen LogP contribution in [-0.4, -0.2) is 23.5 Å². The molecule has 0 saturated carbocycles. The van der Waals surface area contributed by atoms with Gasteiger partial charge in [0, 0.05) is 13.0 Å².